The van der Waals surface area contributed by atoms with Gasteiger partial charge >= 0.3 is 12.2 Å². The van der Waals surface area contributed by atoms with E-state index in [4.69, 9.17) is 4.74 Å². The molecule has 0 spiro atoms. The fraction of sp³-hybridized carbons (Fsp3) is 0.0500. The van der Waals surface area contributed by atoms with Crippen LogP contribution in [0, 0.1) is 0 Å². The second-order valence-electron chi connectivity index (χ2n) is 6.20. The van der Waals surface area contributed by atoms with Crippen LogP contribution in [-0.4, -0.2) is 21.0 Å². The number of carbonyl (C=O) groups is 1. The van der Waals surface area contributed by atoms with Crippen molar-refractivity contribution in [1.29, 1.82) is 0 Å². The summed E-state index contributed by atoms with van der Waals surface area (Å²) in [6.07, 6.45) is -1.38. The molecule has 0 aliphatic rings. The number of benzene rings is 2. The third kappa shape index (κ3) is 4.32. The number of urea groups is 1. The first-order valence-electron chi connectivity index (χ1n) is 8.70. The fourth-order valence-corrected chi connectivity index (χ4v) is 2.71. The first-order chi connectivity index (χ1) is 14.4. The van der Waals surface area contributed by atoms with Gasteiger partial charge in [0.05, 0.1) is 10.9 Å². The number of hydrogen-bond acceptors (Lipinski definition) is 4. The van der Waals surface area contributed by atoms with Crippen LogP contribution in [0.1, 0.15) is 5.56 Å². The number of nitrogens with one attached hydrogen (secondary N) is 3. The lowest BCUT2D eigenvalue weighted by atomic mass is 10.2. The third-order valence-electron chi connectivity index (χ3n) is 4.09. The Balaban J connectivity index is 1.40. The van der Waals surface area contributed by atoms with Crippen molar-refractivity contribution >= 4 is 28.4 Å². The van der Waals surface area contributed by atoms with Gasteiger partial charge in [-0.3, -0.25) is 0 Å². The SMILES string of the molecule is O=C(Nc1ccc(Oc2ncnc3[nH]ccc23)cc1)Nc1cccc(C(F)(F)F)c1. The van der Waals surface area contributed by atoms with Crippen LogP contribution in [0.5, 0.6) is 11.6 Å². The van der Waals surface area contributed by atoms with Gasteiger partial charge < -0.3 is 20.4 Å². The summed E-state index contributed by atoms with van der Waals surface area (Å²) in [6.45, 7) is 0. The van der Waals surface area contributed by atoms with Crippen molar-refractivity contribution in [1.82, 2.24) is 15.0 Å². The van der Waals surface area contributed by atoms with Gasteiger partial charge in [-0.15, -0.1) is 0 Å². The van der Waals surface area contributed by atoms with E-state index in [1.807, 2.05) is 0 Å². The second kappa shape index (κ2) is 7.74. The Morgan fingerprint density at radius 3 is 2.50 bits per heavy atom. The molecule has 2 heterocycles. The van der Waals surface area contributed by atoms with E-state index in [0.29, 0.717) is 23.0 Å². The molecular weight excluding hydrogens is 399 g/mol. The molecule has 2 aromatic carbocycles. The lowest BCUT2D eigenvalue weighted by molar-refractivity contribution is -0.137. The van der Waals surface area contributed by atoms with Crippen LogP contribution in [0.3, 0.4) is 0 Å². The molecule has 0 unspecified atom stereocenters. The molecule has 0 saturated heterocycles. The number of hydrogen-bond donors (Lipinski definition) is 3. The quantitative estimate of drug-likeness (QED) is 0.417. The number of fused-ring (bicyclic) bond motifs is 1. The van der Waals surface area contributed by atoms with Gasteiger partial charge in [0.15, 0.2) is 0 Å². The summed E-state index contributed by atoms with van der Waals surface area (Å²) in [6, 6.07) is 11.9. The largest absolute Gasteiger partial charge is 0.438 e. The Morgan fingerprint density at radius 1 is 0.967 bits per heavy atom. The highest BCUT2D eigenvalue weighted by molar-refractivity contribution is 5.99. The molecule has 0 saturated carbocycles. The maximum atomic E-state index is 12.8. The van der Waals surface area contributed by atoms with Crippen LogP contribution < -0.4 is 15.4 Å². The van der Waals surface area contributed by atoms with Crippen molar-refractivity contribution in [2.24, 2.45) is 0 Å². The Kier molecular flexibility index (Phi) is 4.97. The van der Waals surface area contributed by atoms with Crippen LogP contribution >= 0.6 is 0 Å². The number of carbonyl (C=O) groups excluding carboxylic acids is 1. The van der Waals surface area contributed by atoms with E-state index in [1.165, 1.54) is 18.5 Å². The highest BCUT2D eigenvalue weighted by Gasteiger charge is 2.30. The third-order valence-corrected chi connectivity index (χ3v) is 4.09. The van der Waals surface area contributed by atoms with Gasteiger partial charge in [0.25, 0.3) is 0 Å². The summed E-state index contributed by atoms with van der Waals surface area (Å²) < 4.78 is 44.0. The van der Waals surface area contributed by atoms with E-state index in [1.54, 1.807) is 36.5 Å². The molecule has 4 rings (SSSR count). The standard InChI is InChI=1S/C20H14F3N5O2/c21-20(22,23)12-2-1-3-14(10-12)28-19(29)27-13-4-6-15(7-5-13)30-18-16-8-9-24-17(16)25-11-26-18/h1-11H,(H,24,25,26)(H2,27,28,29). The van der Waals surface area contributed by atoms with Gasteiger partial charge in [0.2, 0.25) is 5.88 Å². The molecule has 30 heavy (non-hydrogen) atoms. The predicted octanol–water partition coefficient (Wildman–Crippen LogP) is 5.41. The van der Waals surface area contributed by atoms with E-state index in [0.717, 1.165) is 17.5 Å². The molecule has 152 valence electrons. The zero-order valence-electron chi connectivity index (χ0n) is 15.2. The molecule has 2 amide bonds. The van der Waals surface area contributed by atoms with Crippen molar-refractivity contribution in [2.75, 3.05) is 10.6 Å². The molecule has 0 aliphatic carbocycles. The Hall–Kier alpha value is -4.08. The highest BCUT2D eigenvalue weighted by Crippen LogP contribution is 2.31. The Labute approximate surface area is 167 Å². The molecule has 3 N–H and O–H groups in total. The maximum Gasteiger partial charge on any atom is 0.416 e. The number of aromatic nitrogens is 3. The number of amides is 2. The maximum absolute atomic E-state index is 12.8. The number of nitrogens with zero attached hydrogens (tertiary/aromatic N) is 2. The highest BCUT2D eigenvalue weighted by atomic mass is 19.4. The minimum absolute atomic E-state index is 0.0292. The van der Waals surface area contributed by atoms with Crippen molar-refractivity contribution in [3.8, 4) is 11.6 Å². The molecule has 10 heteroatoms. The summed E-state index contributed by atoms with van der Waals surface area (Å²) in [5, 5.41) is 5.64. The van der Waals surface area contributed by atoms with Gasteiger partial charge in [-0.1, -0.05) is 6.07 Å². The van der Waals surface area contributed by atoms with E-state index in [-0.39, 0.29) is 5.69 Å². The van der Waals surface area contributed by atoms with Crippen LogP contribution in [0.15, 0.2) is 67.1 Å². The van der Waals surface area contributed by atoms with E-state index in [9.17, 15) is 18.0 Å². The number of aromatic amines is 1. The molecule has 0 bridgehead atoms. The number of halogens is 3. The molecule has 0 radical (unpaired) electrons. The first kappa shape index (κ1) is 19.2. The molecule has 0 aliphatic heterocycles. The summed E-state index contributed by atoms with van der Waals surface area (Å²) in [7, 11) is 0. The molecule has 4 aromatic rings. The van der Waals surface area contributed by atoms with Gasteiger partial charge in [0, 0.05) is 17.6 Å². The molecule has 7 nitrogen and oxygen atoms in total. The zero-order valence-corrected chi connectivity index (χ0v) is 15.2. The van der Waals surface area contributed by atoms with Crippen LogP contribution in [0.2, 0.25) is 0 Å². The van der Waals surface area contributed by atoms with E-state index < -0.39 is 17.8 Å². The normalized spacial score (nSPS) is 11.3. The minimum Gasteiger partial charge on any atom is -0.438 e. The number of ether oxygens (including phenoxy) is 1. The van der Waals surface area contributed by atoms with Gasteiger partial charge in [-0.05, 0) is 48.5 Å². The summed E-state index contributed by atoms with van der Waals surface area (Å²) >= 11 is 0. The lowest BCUT2D eigenvalue weighted by Gasteiger charge is -2.11. The van der Waals surface area contributed by atoms with E-state index in [2.05, 4.69) is 25.6 Å². The number of alkyl halides is 3. The van der Waals surface area contributed by atoms with Crippen molar-refractivity contribution in [2.45, 2.75) is 6.18 Å². The molecule has 2 aromatic heterocycles. The zero-order chi connectivity index (χ0) is 21.1. The summed E-state index contributed by atoms with van der Waals surface area (Å²) in [5.41, 5.74) is 0.260. The summed E-state index contributed by atoms with van der Waals surface area (Å²) in [5.74, 6) is 0.865. The molecule has 0 fully saturated rings. The lowest BCUT2D eigenvalue weighted by Crippen LogP contribution is -2.19. The number of rotatable bonds is 4. The Morgan fingerprint density at radius 2 is 1.73 bits per heavy atom. The van der Waals surface area contributed by atoms with E-state index >= 15 is 0 Å². The topological polar surface area (TPSA) is 91.9 Å². The monoisotopic (exact) mass is 413 g/mol. The van der Waals surface area contributed by atoms with Gasteiger partial charge in [-0.2, -0.15) is 13.2 Å². The molecular formula is C20H14F3N5O2. The number of anilines is 2. The van der Waals surface area contributed by atoms with Crippen molar-refractivity contribution in [3.63, 3.8) is 0 Å². The fourth-order valence-electron chi connectivity index (χ4n) is 2.71. The van der Waals surface area contributed by atoms with Crippen molar-refractivity contribution < 1.29 is 22.7 Å². The van der Waals surface area contributed by atoms with Gasteiger partial charge in [-0.25, -0.2) is 14.8 Å². The average molecular weight is 413 g/mol. The van der Waals surface area contributed by atoms with Gasteiger partial charge in [0.1, 0.15) is 17.7 Å². The first-order valence-corrected chi connectivity index (χ1v) is 8.70. The Bertz CT molecular complexity index is 1190. The van der Waals surface area contributed by atoms with Crippen LogP contribution in [0.4, 0.5) is 29.3 Å². The van der Waals surface area contributed by atoms with Crippen LogP contribution in [-0.2, 0) is 6.18 Å². The van der Waals surface area contributed by atoms with Crippen LogP contribution in [0.25, 0.3) is 11.0 Å². The number of H-pyrrole nitrogens is 1. The predicted molar refractivity (Wildman–Crippen MR) is 104 cm³/mol. The van der Waals surface area contributed by atoms with Crippen molar-refractivity contribution in [3.05, 3.63) is 72.7 Å². The summed E-state index contributed by atoms with van der Waals surface area (Å²) in [4.78, 5) is 23.2. The second-order valence-corrected chi connectivity index (χ2v) is 6.20. The smallest absolute Gasteiger partial charge is 0.416 e. The minimum atomic E-state index is -4.49. The average Bonchev–Trinajstić information content (AvgIpc) is 3.19. The molecule has 0 atom stereocenters.